The Morgan fingerprint density at radius 2 is 2.06 bits per heavy atom. The molecule has 2 N–H and O–H groups in total. The van der Waals surface area contributed by atoms with Gasteiger partial charge in [0, 0.05) is 16.6 Å². The summed E-state index contributed by atoms with van der Waals surface area (Å²) in [5.74, 6) is 0.882. The highest BCUT2D eigenvalue weighted by Gasteiger charge is 2.13. The lowest BCUT2D eigenvalue weighted by Gasteiger charge is -2.19. The highest BCUT2D eigenvalue weighted by molar-refractivity contribution is 6.31. The zero-order valence-electron chi connectivity index (χ0n) is 11.6. The fourth-order valence-electron chi connectivity index (χ4n) is 1.94. The van der Waals surface area contributed by atoms with E-state index in [4.69, 9.17) is 22.1 Å². The Morgan fingerprint density at radius 1 is 1.33 bits per heavy atom. The van der Waals surface area contributed by atoms with Crippen molar-refractivity contribution in [1.82, 2.24) is 0 Å². The van der Waals surface area contributed by atoms with Gasteiger partial charge in [0.2, 0.25) is 0 Å². The molecule has 3 heteroatoms. The maximum atomic E-state index is 6.26. The molecule has 0 aliphatic rings. The van der Waals surface area contributed by atoms with Gasteiger partial charge in [-0.05, 0) is 38.3 Å². The minimum atomic E-state index is 0.133. The molecule has 2 nitrogen and oxygen atoms in total. The van der Waals surface area contributed by atoms with E-state index in [1.165, 1.54) is 0 Å². The van der Waals surface area contributed by atoms with Crippen LogP contribution in [0.2, 0.25) is 5.02 Å². The quantitative estimate of drug-likeness (QED) is 0.806. The second kappa shape index (κ2) is 7.65. The summed E-state index contributed by atoms with van der Waals surface area (Å²) in [5, 5.41) is 0.750. The third-order valence-corrected chi connectivity index (χ3v) is 3.44. The van der Waals surface area contributed by atoms with Gasteiger partial charge in [0.25, 0.3) is 0 Å². The van der Waals surface area contributed by atoms with Gasteiger partial charge < -0.3 is 10.5 Å². The Morgan fingerprint density at radius 3 is 2.67 bits per heavy atom. The second-order valence-corrected chi connectivity index (χ2v) is 5.21. The van der Waals surface area contributed by atoms with Crippen molar-refractivity contribution in [3.05, 3.63) is 28.8 Å². The van der Waals surface area contributed by atoms with E-state index in [2.05, 4.69) is 20.8 Å². The third-order valence-electron chi connectivity index (χ3n) is 3.09. The fraction of sp³-hybridized carbons (Fsp3) is 0.600. The molecule has 1 aromatic carbocycles. The van der Waals surface area contributed by atoms with Crippen LogP contribution in [0.4, 0.5) is 0 Å². The first-order valence-corrected chi connectivity index (χ1v) is 7.15. The summed E-state index contributed by atoms with van der Waals surface area (Å²) < 4.78 is 5.97. The van der Waals surface area contributed by atoms with Crippen molar-refractivity contribution in [2.45, 2.75) is 58.6 Å². The molecule has 0 radical (unpaired) electrons. The molecule has 0 fully saturated rings. The SMILES string of the molecule is CCCC(C)Oc1cccc(Cl)c1CC(N)CC. The van der Waals surface area contributed by atoms with Gasteiger partial charge in [-0.15, -0.1) is 0 Å². The van der Waals surface area contributed by atoms with E-state index in [-0.39, 0.29) is 12.1 Å². The molecule has 0 amide bonds. The van der Waals surface area contributed by atoms with E-state index in [9.17, 15) is 0 Å². The molecule has 0 aliphatic heterocycles. The first kappa shape index (κ1) is 15.3. The molecular weight excluding hydrogens is 246 g/mol. The Hall–Kier alpha value is -0.730. The van der Waals surface area contributed by atoms with Gasteiger partial charge >= 0.3 is 0 Å². The molecule has 0 spiro atoms. The molecule has 0 bridgehead atoms. The van der Waals surface area contributed by atoms with E-state index in [1.54, 1.807) is 0 Å². The van der Waals surface area contributed by atoms with Crippen molar-refractivity contribution in [1.29, 1.82) is 0 Å². The highest BCUT2D eigenvalue weighted by atomic mass is 35.5. The lowest BCUT2D eigenvalue weighted by molar-refractivity contribution is 0.207. The van der Waals surface area contributed by atoms with Crippen LogP contribution in [0.3, 0.4) is 0 Å². The van der Waals surface area contributed by atoms with Crippen LogP contribution in [-0.4, -0.2) is 12.1 Å². The minimum Gasteiger partial charge on any atom is -0.490 e. The van der Waals surface area contributed by atoms with Gasteiger partial charge in [0.05, 0.1) is 6.10 Å². The molecular formula is C15H24ClNO. The third kappa shape index (κ3) is 4.51. The summed E-state index contributed by atoms with van der Waals surface area (Å²) in [5.41, 5.74) is 7.06. The van der Waals surface area contributed by atoms with Gasteiger partial charge in [0.15, 0.2) is 0 Å². The number of nitrogens with two attached hydrogens (primary N) is 1. The Kier molecular flexibility index (Phi) is 6.51. The summed E-state index contributed by atoms with van der Waals surface area (Å²) in [4.78, 5) is 0. The van der Waals surface area contributed by atoms with E-state index >= 15 is 0 Å². The zero-order valence-corrected chi connectivity index (χ0v) is 12.3. The Bertz CT molecular complexity index is 368. The molecule has 1 rings (SSSR count). The largest absolute Gasteiger partial charge is 0.490 e. The predicted octanol–water partition coefficient (Wildman–Crippen LogP) is 4.19. The highest BCUT2D eigenvalue weighted by Crippen LogP contribution is 2.29. The van der Waals surface area contributed by atoms with Gasteiger partial charge in [-0.2, -0.15) is 0 Å². The number of rotatable bonds is 7. The molecule has 2 atom stereocenters. The van der Waals surface area contributed by atoms with Crippen LogP contribution in [0, 0.1) is 0 Å². The van der Waals surface area contributed by atoms with Crippen molar-refractivity contribution in [3.8, 4) is 5.75 Å². The van der Waals surface area contributed by atoms with Crippen molar-refractivity contribution in [2.75, 3.05) is 0 Å². The number of halogens is 1. The molecule has 102 valence electrons. The molecule has 0 saturated heterocycles. The molecule has 0 aliphatic carbocycles. The van der Waals surface area contributed by atoms with Crippen molar-refractivity contribution >= 4 is 11.6 Å². The standard InChI is InChI=1S/C15H24ClNO/c1-4-7-11(3)18-15-9-6-8-14(16)13(15)10-12(17)5-2/h6,8-9,11-12H,4-5,7,10,17H2,1-3H3. The van der Waals surface area contributed by atoms with Crippen molar-refractivity contribution in [3.63, 3.8) is 0 Å². The first-order chi connectivity index (χ1) is 8.58. The molecule has 0 saturated carbocycles. The number of benzene rings is 1. The zero-order chi connectivity index (χ0) is 13.5. The summed E-state index contributed by atoms with van der Waals surface area (Å²) in [6, 6.07) is 5.94. The van der Waals surface area contributed by atoms with E-state index in [1.807, 2.05) is 18.2 Å². The summed E-state index contributed by atoms with van der Waals surface area (Å²) in [6.45, 7) is 6.33. The van der Waals surface area contributed by atoms with Gasteiger partial charge in [-0.3, -0.25) is 0 Å². The Labute approximate surface area is 115 Å². The van der Waals surface area contributed by atoms with Gasteiger partial charge in [0.1, 0.15) is 5.75 Å². The van der Waals surface area contributed by atoms with E-state index in [0.717, 1.165) is 42.0 Å². The van der Waals surface area contributed by atoms with Crippen LogP contribution in [-0.2, 0) is 6.42 Å². The molecule has 0 heterocycles. The van der Waals surface area contributed by atoms with Crippen LogP contribution < -0.4 is 10.5 Å². The molecule has 0 aromatic heterocycles. The fourth-order valence-corrected chi connectivity index (χ4v) is 2.18. The van der Waals surface area contributed by atoms with Crippen LogP contribution in [0.15, 0.2) is 18.2 Å². The summed E-state index contributed by atoms with van der Waals surface area (Å²) in [6.07, 6.45) is 4.08. The smallest absolute Gasteiger partial charge is 0.124 e. The number of ether oxygens (including phenoxy) is 1. The molecule has 18 heavy (non-hydrogen) atoms. The van der Waals surface area contributed by atoms with Crippen LogP contribution in [0.25, 0.3) is 0 Å². The van der Waals surface area contributed by atoms with Crippen molar-refractivity contribution in [2.24, 2.45) is 5.73 Å². The van der Waals surface area contributed by atoms with Gasteiger partial charge in [-0.25, -0.2) is 0 Å². The van der Waals surface area contributed by atoms with Crippen LogP contribution in [0.5, 0.6) is 5.75 Å². The van der Waals surface area contributed by atoms with Crippen molar-refractivity contribution < 1.29 is 4.74 Å². The summed E-state index contributed by atoms with van der Waals surface area (Å²) in [7, 11) is 0. The number of hydrogen-bond acceptors (Lipinski definition) is 2. The van der Waals surface area contributed by atoms with Crippen LogP contribution >= 0.6 is 11.6 Å². The Balaban J connectivity index is 2.86. The number of hydrogen-bond donors (Lipinski definition) is 1. The van der Waals surface area contributed by atoms with Gasteiger partial charge in [-0.1, -0.05) is 37.9 Å². The average Bonchev–Trinajstić information content (AvgIpc) is 2.33. The maximum Gasteiger partial charge on any atom is 0.124 e. The summed E-state index contributed by atoms with van der Waals surface area (Å²) >= 11 is 6.26. The average molecular weight is 270 g/mol. The maximum absolute atomic E-state index is 6.26. The van der Waals surface area contributed by atoms with E-state index in [0.29, 0.717) is 0 Å². The molecule has 2 unspecified atom stereocenters. The topological polar surface area (TPSA) is 35.2 Å². The lowest BCUT2D eigenvalue weighted by Crippen LogP contribution is -2.22. The minimum absolute atomic E-state index is 0.133. The van der Waals surface area contributed by atoms with Crippen LogP contribution in [0.1, 0.15) is 45.6 Å². The predicted molar refractivity (Wildman–Crippen MR) is 78.4 cm³/mol. The first-order valence-electron chi connectivity index (χ1n) is 6.78. The molecule has 1 aromatic rings. The normalized spacial score (nSPS) is 14.3. The monoisotopic (exact) mass is 269 g/mol. The lowest BCUT2D eigenvalue weighted by atomic mass is 10.0. The second-order valence-electron chi connectivity index (χ2n) is 4.81. The van der Waals surface area contributed by atoms with E-state index < -0.39 is 0 Å².